The van der Waals surface area contributed by atoms with Gasteiger partial charge in [-0.05, 0) is 70.6 Å². The fraction of sp³-hybridized carbons (Fsp3) is 0.877. The van der Waals surface area contributed by atoms with Crippen molar-refractivity contribution in [3.8, 4) is 0 Å². The third-order valence-electron chi connectivity index (χ3n) is 12.4. The number of rotatable bonds is 51. The minimum atomic E-state index is -0.769. The van der Waals surface area contributed by atoms with E-state index in [2.05, 4.69) is 45.1 Å². The molecule has 6 nitrogen and oxygen atoms in total. The van der Waals surface area contributed by atoms with Crippen molar-refractivity contribution in [2.45, 2.75) is 309 Å². The fourth-order valence-electron chi connectivity index (χ4n) is 8.20. The van der Waals surface area contributed by atoms with E-state index in [4.69, 9.17) is 14.2 Å². The summed E-state index contributed by atoms with van der Waals surface area (Å²) in [7, 11) is 0. The Bertz CT molecular complexity index is 1020. The van der Waals surface area contributed by atoms with Crippen LogP contribution in [-0.4, -0.2) is 37.2 Å². The van der Waals surface area contributed by atoms with E-state index in [1.165, 1.54) is 199 Å². The van der Waals surface area contributed by atoms with E-state index >= 15 is 0 Å². The second kappa shape index (κ2) is 52.5. The van der Waals surface area contributed by atoms with Gasteiger partial charge in [-0.1, -0.05) is 238 Å². The Morgan fingerprint density at radius 1 is 0.302 bits per heavy atom. The van der Waals surface area contributed by atoms with Crippen molar-refractivity contribution in [1.29, 1.82) is 0 Å². The lowest BCUT2D eigenvalue weighted by atomic mass is 10.0. The highest BCUT2D eigenvalue weighted by molar-refractivity contribution is 5.71. The molecule has 0 aromatic rings. The summed E-state index contributed by atoms with van der Waals surface area (Å²) in [6, 6.07) is 0. The van der Waals surface area contributed by atoms with Gasteiger partial charge in [0.1, 0.15) is 13.2 Å². The molecule has 0 aliphatic carbocycles. The summed E-state index contributed by atoms with van der Waals surface area (Å²) >= 11 is 0. The summed E-state index contributed by atoms with van der Waals surface area (Å²) in [6.45, 7) is 6.64. The lowest BCUT2D eigenvalue weighted by molar-refractivity contribution is -0.167. The number of allylic oxidation sites excluding steroid dienone is 4. The summed E-state index contributed by atoms with van der Waals surface area (Å²) in [6.07, 6.45) is 60.3. The highest BCUT2D eigenvalue weighted by Crippen LogP contribution is 2.16. The minimum Gasteiger partial charge on any atom is -0.462 e. The van der Waals surface area contributed by atoms with Crippen molar-refractivity contribution in [2.24, 2.45) is 0 Å². The summed E-state index contributed by atoms with van der Waals surface area (Å²) < 4.78 is 16.8. The lowest BCUT2D eigenvalue weighted by Crippen LogP contribution is -2.30. The van der Waals surface area contributed by atoms with Crippen LogP contribution in [0.15, 0.2) is 24.3 Å². The van der Waals surface area contributed by atoms with Gasteiger partial charge in [0.2, 0.25) is 0 Å². The van der Waals surface area contributed by atoms with E-state index in [1.54, 1.807) is 0 Å². The zero-order valence-corrected chi connectivity index (χ0v) is 42.4. The van der Waals surface area contributed by atoms with Crippen LogP contribution in [0.5, 0.6) is 0 Å². The molecule has 0 spiro atoms. The number of carbonyl (C=O) groups excluding carboxylic acids is 3. The van der Waals surface area contributed by atoms with Crippen molar-refractivity contribution >= 4 is 17.9 Å². The highest BCUT2D eigenvalue weighted by Gasteiger charge is 2.19. The number of unbranched alkanes of at least 4 members (excludes halogenated alkanes) is 36. The number of ether oxygens (including phenoxy) is 3. The third-order valence-corrected chi connectivity index (χ3v) is 12.4. The number of hydrogen-bond donors (Lipinski definition) is 0. The standard InChI is InChI=1S/C57H106O6/c1-4-7-10-13-16-19-22-24-25-26-27-28-29-30-31-33-36-38-41-44-47-50-56(59)62-53-54(63-57(60)51-48-45-42-39-34-21-18-15-12-9-6-3)52-61-55(58)49-46-43-40-37-35-32-23-20-17-14-11-8-5-2/h20,23-25,54H,4-19,21-22,26-53H2,1-3H3/b23-20-,25-24-/t54-/m0/s1. The van der Waals surface area contributed by atoms with Gasteiger partial charge >= 0.3 is 17.9 Å². The summed E-state index contributed by atoms with van der Waals surface area (Å²) in [5.41, 5.74) is 0. The van der Waals surface area contributed by atoms with Crippen LogP contribution in [0, 0.1) is 0 Å². The molecule has 0 saturated heterocycles. The van der Waals surface area contributed by atoms with Gasteiger partial charge in [-0.2, -0.15) is 0 Å². The van der Waals surface area contributed by atoms with Crippen LogP contribution in [0.3, 0.4) is 0 Å². The van der Waals surface area contributed by atoms with Crippen LogP contribution in [0.25, 0.3) is 0 Å². The van der Waals surface area contributed by atoms with Gasteiger partial charge in [0.15, 0.2) is 6.10 Å². The normalized spacial score (nSPS) is 12.1. The molecule has 0 amide bonds. The van der Waals surface area contributed by atoms with Gasteiger partial charge in [0.05, 0.1) is 0 Å². The van der Waals surface area contributed by atoms with Crippen molar-refractivity contribution in [3.05, 3.63) is 24.3 Å². The summed E-state index contributed by atoms with van der Waals surface area (Å²) in [4.78, 5) is 38.0. The van der Waals surface area contributed by atoms with Crippen molar-refractivity contribution in [3.63, 3.8) is 0 Å². The Balaban J connectivity index is 4.24. The maximum Gasteiger partial charge on any atom is 0.306 e. The highest BCUT2D eigenvalue weighted by atomic mass is 16.6. The smallest absolute Gasteiger partial charge is 0.306 e. The predicted octanol–water partition coefficient (Wildman–Crippen LogP) is 18.3. The van der Waals surface area contributed by atoms with Crippen LogP contribution >= 0.6 is 0 Å². The Labute approximate surface area is 392 Å². The first kappa shape index (κ1) is 60.9. The molecule has 0 fully saturated rings. The first-order valence-corrected chi connectivity index (χ1v) is 27.8. The SMILES string of the molecule is CCCCCC/C=C\CCCCCCCC(=O)OC[C@@H](COC(=O)CCCCCCCCCCCCC/C=C\CCCCCCCC)OC(=O)CCCCCCCCCCCCC. The van der Waals surface area contributed by atoms with E-state index in [-0.39, 0.29) is 31.1 Å². The molecule has 0 radical (unpaired) electrons. The van der Waals surface area contributed by atoms with Crippen LogP contribution in [0.1, 0.15) is 303 Å². The molecular weight excluding hydrogens is 781 g/mol. The first-order valence-electron chi connectivity index (χ1n) is 27.8. The van der Waals surface area contributed by atoms with Crippen LogP contribution in [0.4, 0.5) is 0 Å². The van der Waals surface area contributed by atoms with E-state index in [0.29, 0.717) is 19.3 Å². The second-order valence-electron chi connectivity index (χ2n) is 18.8. The molecule has 0 N–H and O–H groups in total. The molecule has 0 heterocycles. The average Bonchev–Trinajstić information content (AvgIpc) is 3.28. The molecule has 6 heteroatoms. The van der Waals surface area contributed by atoms with Gasteiger partial charge in [-0.3, -0.25) is 14.4 Å². The van der Waals surface area contributed by atoms with Crippen molar-refractivity contribution in [1.82, 2.24) is 0 Å². The number of esters is 3. The summed E-state index contributed by atoms with van der Waals surface area (Å²) in [5.74, 6) is -0.865. The van der Waals surface area contributed by atoms with E-state index in [0.717, 1.165) is 64.2 Å². The molecular formula is C57H106O6. The quantitative estimate of drug-likeness (QED) is 0.0262. The zero-order valence-electron chi connectivity index (χ0n) is 42.4. The van der Waals surface area contributed by atoms with Crippen molar-refractivity contribution < 1.29 is 28.6 Å². The Morgan fingerprint density at radius 3 is 0.810 bits per heavy atom. The zero-order chi connectivity index (χ0) is 45.8. The molecule has 0 aromatic carbocycles. The molecule has 0 aliphatic heterocycles. The second-order valence-corrected chi connectivity index (χ2v) is 18.8. The number of hydrogen-bond acceptors (Lipinski definition) is 6. The molecule has 0 saturated carbocycles. The van der Waals surface area contributed by atoms with Gasteiger partial charge in [-0.15, -0.1) is 0 Å². The predicted molar refractivity (Wildman–Crippen MR) is 270 cm³/mol. The molecule has 0 aromatic heterocycles. The van der Waals surface area contributed by atoms with Crippen LogP contribution < -0.4 is 0 Å². The maximum atomic E-state index is 12.8. The van der Waals surface area contributed by atoms with Crippen LogP contribution in [-0.2, 0) is 28.6 Å². The third kappa shape index (κ3) is 50.7. The Hall–Kier alpha value is -2.11. The molecule has 1 atom stereocenters. The average molecular weight is 887 g/mol. The summed E-state index contributed by atoms with van der Waals surface area (Å²) in [5, 5.41) is 0. The van der Waals surface area contributed by atoms with Gasteiger partial charge < -0.3 is 14.2 Å². The van der Waals surface area contributed by atoms with E-state index in [9.17, 15) is 14.4 Å². The maximum absolute atomic E-state index is 12.8. The Morgan fingerprint density at radius 2 is 0.524 bits per heavy atom. The number of carbonyl (C=O) groups is 3. The van der Waals surface area contributed by atoms with Crippen LogP contribution in [0.2, 0.25) is 0 Å². The Kier molecular flexibility index (Phi) is 50.8. The lowest BCUT2D eigenvalue weighted by Gasteiger charge is -2.18. The van der Waals surface area contributed by atoms with E-state index in [1.807, 2.05) is 0 Å². The molecule has 63 heavy (non-hydrogen) atoms. The molecule has 0 aliphatic rings. The first-order chi connectivity index (χ1) is 31.0. The minimum absolute atomic E-state index is 0.0702. The monoisotopic (exact) mass is 887 g/mol. The molecule has 0 rings (SSSR count). The molecule has 0 unspecified atom stereocenters. The molecule has 370 valence electrons. The van der Waals surface area contributed by atoms with Gasteiger partial charge in [0.25, 0.3) is 0 Å². The largest absolute Gasteiger partial charge is 0.462 e. The van der Waals surface area contributed by atoms with Gasteiger partial charge in [-0.25, -0.2) is 0 Å². The van der Waals surface area contributed by atoms with E-state index < -0.39 is 6.10 Å². The van der Waals surface area contributed by atoms with Gasteiger partial charge in [0, 0.05) is 19.3 Å². The fourth-order valence-corrected chi connectivity index (χ4v) is 8.20. The topological polar surface area (TPSA) is 78.9 Å². The van der Waals surface area contributed by atoms with Crippen molar-refractivity contribution in [2.75, 3.05) is 13.2 Å². The molecule has 0 bridgehead atoms.